The molecule has 3 N–H and O–H groups in total. The van der Waals surface area contributed by atoms with Gasteiger partial charge in [0.25, 0.3) is 0 Å². The molecule has 148 valence electrons. The van der Waals surface area contributed by atoms with Gasteiger partial charge in [-0.2, -0.15) is 0 Å². The van der Waals surface area contributed by atoms with Gasteiger partial charge in [0, 0.05) is 20.1 Å². The summed E-state index contributed by atoms with van der Waals surface area (Å²) in [5.41, 5.74) is 2.45. The molecular formula is C18H24FIN4O2S. The third kappa shape index (κ3) is 8.22. The minimum Gasteiger partial charge on any atom is -0.352 e. The number of benzene rings is 2. The molecule has 0 spiro atoms. The van der Waals surface area contributed by atoms with Gasteiger partial charge >= 0.3 is 0 Å². The molecule has 0 saturated heterocycles. The molecule has 0 aliphatic carbocycles. The van der Waals surface area contributed by atoms with Crippen molar-refractivity contribution >= 4 is 40.0 Å². The van der Waals surface area contributed by atoms with Crippen molar-refractivity contribution in [2.24, 2.45) is 4.99 Å². The number of hydrogen-bond acceptors (Lipinski definition) is 3. The number of rotatable bonds is 7. The van der Waals surface area contributed by atoms with E-state index in [1.54, 1.807) is 19.2 Å². The van der Waals surface area contributed by atoms with E-state index in [4.69, 9.17) is 0 Å². The molecule has 0 amide bonds. The smallest absolute Gasteiger partial charge is 0.215 e. The van der Waals surface area contributed by atoms with Crippen LogP contribution in [0.25, 0.3) is 0 Å². The highest BCUT2D eigenvalue weighted by molar-refractivity contribution is 14.0. The fourth-order valence-electron chi connectivity index (χ4n) is 2.36. The van der Waals surface area contributed by atoms with Crippen LogP contribution in [0.2, 0.25) is 0 Å². The summed E-state index contributed by atoms with van der Waals surface area (Å²) in [6, 6.07) is 13.7. The summed E-state index contributed by atoms with van der Waals surface area (Å²) in [4.78, 5) is 4.13. The summed E-state index contributed by atoms with van der Waals surface area (Å²) in [7, 11) is -0.258. The molecule has 2 aromatic carbocycles. The Labute approximate surface area is 176 Å². The maximum Gasteiger partial charge on any atom is 0.215 e. The lowest BCUT2D eigenvalue weighted by atomic mass is 10.1. The lowest BCUT2D eigenvalue weighted by molar-refractivity contribution is 0.587. The highest BCUT2D eigenvalue weighted by Gasteiger charge is 2.09. The molecule has 0 radical (unpaired) electrons. The van der Waals surface area contributed by atoms with Gasteiger partial charge in [-0.1, -0.05) is 36.4 Å². The van der Waals surface area contributed by atoms with E-state index in [0.29, 0.717) is 24.6 Å². The summed E-state index contributed by atoms with van der Waals surface area (Å²) in [5, 5.41) is 6.27. The Morgan fingerprint density at radius 2 is 1.56 bits per heavy atom. The molecule has 0 aliphatic heterocycles. The van der Waals surface area contributed by atoms with Crippen molar-refractivity contribution in [3.63, 3.8) is 0 Å². The van der Waals surface area contributed by atoms with Gasteiger partial charge < -0.3 is 10.6 Å². The molecule has 0 aromatic heterocycles. The van der Waals surface area contributed by atoms with Crippen LogP contribution < -0.4 is 15.4 Å². The Hall–Kier alpha value is -1.72. The number of guanidine groups is 1. The van der Waals surface area contributed by atoms with Crippen LogP contribution in [-0.2, 0) is 28.9 Å². The zero-order chi connectivity index (χ0) is 19.0. The lowest BCUT2D eigenvalue weighted by Crippen LogP contribution is -2.36. The van der Waals surface area contributed by atoms with Gasteiger partial charge in [-0.15, -0.1) is 24.0 Å². The molecule has 0 fully saturated rings. The van der Waals surface area contributed by atoms with Crippen LogP contribution in [0.3, 0.4) is 0 Å². The third-order valence-corrected chi connectivity index (χ3v) is 5.03. The zero-order valence-electron chi connectivity index (χ0n) is 15.2. The molecule has 2 aromatic rings. The van der Waals surface area contributed by atoms with Crippen LogP contribution in [0, 0.1) is 5.82 Å². The Morgan fingerprint density at radius 3 is 2.11 bits per heavy atom. The fraction of sp³-hybridized carbons (Fsp3) is 0.278. The maximum absolute atomic E-state index is 13.2. The minimum absolute atomic E-state index is 0. The van der Waals surface area contributed by atoms with Crippen molar-refractivity contribution in [2.45, 2.75) is 18.8 Å². The van der Waals surface area contributed by atoms with Crippen LogP contribution in [0.5, 0.6) is 0 Å². The van der Waals surface area contributed by atoms with E-state index < -0.39 is 10.0 Å². The largest absolute Gasteiger partial charge is 0.352 e. The molecular weight excluding hydrogens is 482 g/mol. The minimum atomic E-state index is -3.31. The Bertz CT molecular complexity index is 875. The van der Waals surface area contributed by atoms with Gasteiger partial charge in [0.2, 0.25) is 10.0 Å². The second-order valence-electron chi connectivity index (χ2n) is 5.69. The van der Waals surface area contributed by atoms with E-state index in [1.807, 2.05) is 24.3 Å². The van der Waals surface area contributed by atoms with Crippen molar-refractivity contribution in [2.75, 3.05) is 14.1 Å². The summed E-state index contributed by atoms with van der Waals surface area (Å²) in [5.74, 6) is 0.229. The van der Waals surface area contributed by atoms with Gasteiger partial charge in [0.15, 0.2) is 5.96 Å². The van der Waals surface area contributed by atoms with Crippen LogP contribution >= 0.6 is 24.0 Å². The molecule has 0 saturated carbocycles. The van der Waals surface area contributed by atoms with Crippen molar-refractivity contribution in [1.29, 1.82) is 0 Å². The number of halogens is 2. The van der Waals surface area contributed by atoms with Crippen molar-refractivity contribution in [1.82, 2.24) is 15.4 Å². The number of nitrogens with zero attached hydrogens (tertiary/aromatic N) is 1. The van der Waals surface area contributed by atoms with E-state index in [1.165, 1.54) is 19.2 Å². The summed E-state index contributed by atoms with van der Waals surface area (Å²) >= 11 is 0. The van der Waals surface area contributed by atoms with Crippen LogP contribution in [-0.4, -0.2) is 28.5 Å². The Balaban J connectivity index is 0.00000364. The fourth-order valence-corrected chi connectivity index (χ4v) is 3.12. The normalized spacial score (nSPS) is 11.6. The molecule has 0 unspecified atom stereocenters. The van der Waals surface area contributed by atoms with Gasteiger partial charge in [-0.25, -0.2) is 17.5 Å². The first-order valence-electron chi connectivity index (χ1n) is 8.10. The molecule has 27 heavy (non-hydrogen) atoms. The third-order valence-electron chi connectivity index (χ3n) is 3.69. The first-order chi connectivity index (χ1) is 12.4. The second-order valence-corrected chi connectivity index (χ2v) is 7.62. The van der Waals surface area contributed by atoms with Crippen molar-refractivity contribution in [3.05, 3.63) is 71.0 Å². The monoisotopic (exact) mass is 506 g/mol. The summed E-state index contributed by atoms with van der Waals surface area (Å²) in [6.07, 6.45) is 0. The molecule has 0 bridgehead atoms. The first-order valence-corrected chi connectivity index (χ1v) is 9.75. The van der Waals surface area contributed by atoms with Gasteiger partial charge in [-0.3, -0.25) is 4.99 Å². The lowest BCUT2D eigenvalue weighted by Gasteiger charge is -2.13. The van der Waals surface area contributed by atoms with E-state index in [9.17, 15) is 12.8 Å². The van der Waals surface area contributed by atoms with Gasteiger partial charge in [-0.05, 0) is 35.9 Å². The Morgan fingerprint density at radius 1 is 1.00 bits per heavy atom. The maximum atomic E-state index is 13.2. The molecule has 0 aliphatic rings. The average molecular weight is 506 g/mol. The molecule has 9 heteroatoms. The number of hydrogen-bond donors (Lipinski definition) is 3. The SMILES string of the molecule is CN=C(NCc1cccc(F)c1)NCc1cccc(CS(=O)(=O)NC)c1.I. The predicted octanol–water partition coefficient (Wildman–Crippen LogP) is 2.36. The van der Waals surface area contributed by atoms with Gasteiger partial charge in [0.1, 0.15) is 5.82 Å². The predicted molar refractivity (Wildman–Crippen MR) is 117 cm³/mol. The second kappa shape index (κ2) is 11.2. The molecule has 0 heterocycles. The standard InChI is InChI=1S/C18H23FN4O2S.HI/c1-20-18(23-12-15-6-4-8-17(19)10-15)22-11-14-5-3-7-16(9-14)13-26(24,25)21-2;/h3-10,21H,11-13H2,1-2H3,(H2,20,22,23);1H. The van der Waals surface area contributed by atoms with Gasteiger partial charge in [0.05, 0.1) is 5.75 Å². The van der Waals surface area contributed by atoms with Crippen molar-refractivity contribution < 1.29 is 12.8 Å². The number of sulfonamides is 1. The molecule has 6 nitrogen and oxygen atoms in total. The zero-order valence-corrected chi connectivity index (χ0v) is 18.3. The van der Waals surface area contributed by atoms with Crippen LogP contribution in [0.1, 0.15) is 16.7 Å². The highest BCUT2D eigenvalue weighted by atomic mass is 127. The highest BCUT2D eigenvalue weighted by Crippen LogP contribution is 2.08. The molecule has 0 atom stereocenters. The Kier molecular flexibility index (Phi) is 9.67. The van der Waals surface area contributed by atoms with E-state index in [2.05, 4.69) is 20.3 Å². The quantitative estimate of drug-likeness (QED) is 0.306. The first kappa shape index (κ1) is 23.3. The summed E-state index contributed by atoms with van der Waals surface area (Å²) < 4.78 is 38.8. The molecule has 2 rings (SSSR count). The average Bonchev–Trinajstić information content (AvgIpc) is 2.62. The van der Waals surface area contributed by atoms with E-state index in [0.717, 1.165) is 11.1 Å². The van der Waals surface area contributed by atoms with Crippen LogP contribution in [0.4, 0.5) is 4.39 Å². The van der Waals surface area contributed by atoms with E-state index >= 15 is 0 Å². The summed E-state index contributed by atoms with van der Waals surface area (Å²) in [6.45, 7) is 0.925. The van der Waals surface area contributed by atoms with Crippen molar-refractivity contribution in [3.8, 4) is 0 Å². The number of aliphatic imine (C=N–C) groups is 1. The van der Waals surface area contributed by atoms with Crippen LogP contribution in [0.15, 0.2) is 53.5 Å². The topological polar surface area (TPSA) is 82.6 Å². The number of nitrogens with one attached hydrogen (secondary N) is 3. The van der Waals surface area contributed by atoms with E-state index in [-0.39, 0.29) is 35.5 Å².